The van der Waals surface area contributed by atoms with Gasteiger partial charge in [0.25, 0.3) is 0 Å². The molecule has 2 heterocycles. The molecule has 7 heteroatoms. The zero-order valence-electron chi connectivity index (χ0n) is 14.7. The van der Waals surface area contributed by atoms with E-state index in [1.54, 1.807) is 12.3 Å². The van der Waals surface area contributed by atoms with Gasteiger partial charge in [-0.3, -0.25) is 4.79 Å². The monoisotopic (exact) mass is 363 g/mol. The van der Waals surface area contributed by atoms with Crippen LogP contribution in [-0.2, 0) is 11.2 Å². The first-order valence-corrected chi connectivity index (χ1v) is 8.27. The van der Waals surface area contributed by atoms with Crippen LogP contribution in [0.5, 0.6) is 0 Å². The molecule has 6 nitrogen and oxygen atoms in total. The lowest BCUT2D eigenvalue weighted by Crippen LogP contribution is -2.06. The minimum absolute atomic E-state index is 0.0641. The molecule has 1 aromatic carbocycles. The van der Waals surface area contributed by atoms with Gasteiger partial charge in [0.1, 0.15) is 5.82 Å². The van der Waals surface area contributed by atoms with Gasteiger partial charge in [-0.25, -0.2) is 9.97 Å². The Morgan fingerprint density at radius 2 is 2.04 bits per heavy atom. The molecule has 136 valence electrons. The molecule has 2 aromatic heterocycles. The van der Waals surface area contributed by atoms with Crippen molar-refractivity contribution in [2.45, 2.75) is 13.3 Å². The summed E-state index contributed by atoms with van der Waals surface area (Å²) in [5, 5.41) is 6.19. The lowest BCUT2D eigenvalue weighted by molar-refractivity contribution is -0.114. The second-order valence-electron chi connectivity index (χ2n) is 5.85. The number of nitrogens with zero attached hydrogens (tertiary/aromatic N) is 3. The Kier molecular flexibility index (Phi) is 5.51. The summed E-state index contributed by atoms with van der Waals surface area (Å²) < 4.78 is 13.2. The summed E-state index contributed by atoms with van der Waals surface area (Å²) in [4.78, 5) is 23.9. The van der Waals surface area contributed by atoms with Crippen LogP contribution in [-0.4, -0.2) is 20.7 Å². The molecule has 3 aromatic rings. The summed E-state index contributed by atoms with van der Waals surface area (Å²) in [6, 6.07) is 10.4. The SMILES string of the molecule is C=CC(=O)Cc1ccccc1Nc1nc(Nc2ccnc(F)c2)ncc1C. The predicted molar refractivity (Wildman–Crippen MR) is 103 cm³/mol. The molecule has 0 radical (unpaired) electrons. The maximum absolute atomic E-state index is 13.2. The van der Waals surface area contributed by atoms with Gasteiger partial charge in [0.15, 0.2) is 5.78 Å². The summed E-state index contributed by atoms with van der Waals surface area (Å²) in [7, 11) is 0. The first kappa shape index (κ1) is 18.2. The van der Waals surface area contributed by atoms with Crippen molar-refractivity contribution in [1.29, 1.82) is 0 Å². The van der Waals surface area contributed by atoms with Crippen molar-refractivity contribution < 1.29 is 9.18 Å². The average Bonchev–Trinajstić information content (AvgIpc) is 2.66. The molecule has 0 saturated heterocycles. The number of ketones is 1. The van der Waals surface area contributed by atoms with E-state index in [9.17, 15) is 9.18 Å². The van der Waals surface area contributed by atoms with E-state index in [4.69, 9.17) is 0 Å². The van der Waals surface area contributed by atoms with Gasteiger partial charge in [0, 0.05) is 41.8 Å². The highest BCUT2D eigenvalue weighted by atomic mass is 19.1. The number of benzene rings is 1. The number of rotatable bonds is 7. The van der Waals surface area contributed by atoms with Crippen LogP contribution >= 0.6 is 0 Å². The van der Waals surface area contributed by atoms with E-state index < -0.39 is 5.95 Å². The number of hydrogen-bond acceptors (Lipinski definition) is 6. The van der Waals surface area contributed by atoms with E-state index in [1.165, 1.54) is 18.3 Å². The van der Waals surface area contributed by atoms with Gasteiger partial charge in [-0.15, -0.1) is 0 Å². The molecule has 0 aliphatic heterocycles. The van der Waals surface area contributed by atoms with Crippen LogP contribution in [0.25, 0.3) is 0 Å². The molecule has 0 unspecified atom stereocenters. The van der Waals surface area contributed by atoms with Crippen LogP contribution in [0.1, 0.15) is 11.1 Å². The van der Waals surface area contributed by atoms with Gasteiger partial charge in [-0.2, -0.15) is 9.37 Å². The number of para-hydroxylation sites is 1. The fourth-order valence-corrected chi connectivity index (χ4v) is 2.42. The van der Waals surface area contributed by atoms with Crippen molar-refractivity contribution in [3.8, 4) is 0 Å². The van der Waals surface area contributed by atoms with E-state index >= 15 is 0 Å². The zero-order chi connectivity index (χ0) is 19.2. The molecule has 0 amide bonds. The third-order valence-corrected chi connectivity index (χ3v) is 3.82. The van der Waals surface area contributed by atoms with Crippen molar-refractivity contribution in [2.24, 2.45) is 0 Å². The molecule has 0 bridgehead atoms. The van der Waals surface area contributed by atoms with E-state index in [0.717, 1.165) is 16.8 Å². The Hall–Kier alpha value is -3.61. The summed E-state index contributed by atoms with van der Waals surface area (Å²) in [6.07, 6.45) is 4.57. The number of pyridine rings is 1. The van der Waals surface area contributed by atoms with Crippen molar-refractivity contribution in [1.82, 2.24) is 15.0 Å². The molecule has 0 fully saturated rings. The minimum atomic E-state index is -0.591. The Morgan fingerprint density at radius 3 is 2.81 bits per heavy atom. The predicted octanol–water partition coefficient (Wildman–Crippen LogP) is 4.10. The lowest BCUT2D eigenvalue weighted by atomic mass is 10.1. The topological polar surface area (TPSA) is 79.8 Å². The van der Waals surface area contributed by atoms with E-state index in [2.05, 4.69) is 32.2 Å². The first-order chi connectivity index (χ1) is 13.0. The quantitative estimate of drug-likeness (QED) is 0.486. The Bertz CT molecular complexity index is 990. The third kappa shape index (κ3) is 4.72. The molecule has 0 atom stereocenters. The van der Waals surface area contributed by atoms with Crippen molar-refractivity contribution in [3.63, 3.8) is 0 Å². The number of anilines is 4. The first-order valence-electron chi connectivity index (χ1n) is 8.27. The number of carbonyl (C=O) groups excluding carboxylic acids is 1. The highest BCUT2D eigenvalue weighted by Gasteiger charge is 2.10. The van der Waals surface area contributed by atoms with Gasteiger partial charge in [0.2, 0.25) is 11.9 Å². The molecule has 3 rings (SSSR count). The standard InChI is InChI=1S/C20H18FN5O/c1-3-16(27)10-14-6-4-5-7-17(14)25-19-13(2)12-23-20(26-19)24-15-8-9-22-18(21)11-15/h3-9,11-12H,1,10H2,2H3,(H2,22,23,24,25,26). The van der Waals surface area contributed by atoms with Crippen LogP contribution in [0.2, 0.25) is 0 Å². The average molecular weight is 363 g/mol. The molecule has 2 N–H and O–H groups in total. The molecule has 0 saturated carbocycles. The lowest BCUT2D eigenvalue weighted by Gasteiger charge is -2.13. The molecular formula is C20H18FN5O. The number of allylic oxidation sites excluding steroid dienone is 1. The molecular weight excluding hydrogens is 345 g/mol. The van der Waals surface area contributed by atoms with Gasteiger partial charge >= 0.3 is 0 Å². The van der Waals surface area contributed by atoms with Crippen LogP contribution in [0.3, 0.4) is 0 Å². The fourth-order valence-electron chi connectivity index (χ4n) is 2.42. The number of halogens is 1. The Morgan fingerprint density at radius 1 is 1.22 bits per heavy atom. The van der Waals surface area contributed by atoms with Gasteiger partial charge in [-0.1, -0.05) is 24.8 Å². The number of aromatic nitrogens is 3. The molecule has 27 heavy (non-hydrogen) atoms. The van der Waals surface area contributed by atoms with Gasteiger partial charge in [0.05, 0.1) is 0 Å². The zero-order valence-corrected chi connectivity index (χ0v) is 14.7. The highest BCUT2D eigenvalue weighted by molar-refractivity contribution is 5.92. The van der Waals surface area contributed by atoms with Crippen molar-refractivity contribution >= 4 is 28.9 Å². The summed E-state index contributed by atoms with van der Waals surface area (Å²) in [6.45, 7) is 5.38. The van der Waals surface area contributed by atoms with Crippen molar-refractivity contribution in [2.75, 3.05) is 10.6 Å². The number of carbonyl (C=O) groups is 1. The van der Waals surface area contributed by atoms with Crippen LogP contribution in [0.15, 0.2) is 61.4 Å². The third-order valence-electron chi connectivity index (χ3n) is 3.82. The Balaban J connectivity index is 1.85. The van der Waals surface area contributed by atoms with Crippen molar-refractivity contribution in [3.05, 3.63) is 78.5 Å². The fraction of sp³-hybridized carbons (Fsp3) is 0.100. The smallest absolute Gasteiger partial charge is 0.229 e. The number of aryl methyl sites for hydroxylation is 1. The normalized spacial score (nSPS) is 10.3. The highest BCUT2D eigenvalue weighted by Crippen LogP contribution is 2.24. The summed E-state index contributed by atoms with van der Waals surface area (Å²) in [5.74, 6) is 0.242. The molecule has 0 aliphatic rings. The van der Waals surface area contributed by atoms with Crippen LogP contribution < -0.4 is 10.6 Å². The second-order valence-corrected chi connectivity index (χ2v) is 5.85. The summed E-state index contributed by atoms with van der Waals surface area (Å²) >= 11 is 0. The van der Waals surface area contributed by atoms with Gasteiger partial charge < -0.3 is 10.6 Å². The van der Waals surface area contributed by atoms with E-state index in [0.29, 0.717) is 17.5 Å². The van der Waals surface area contributed by atoms with Crippen LogP contribution in [0, 0.1) is 12.9 Å². The van der Waals surface area contributed by atoms with Gasteiger partial charge in [-0.05, 0) is 30.7 Å². The molecule has 0 aliphatic carbocycles. The van der Waals surface area contributed by atoms with Crippen LogP contribution in [0.4, 0.5) is 27.5 Å². The summed E-state index contributed by atoms with van der Waals surface area (Å²) in [5.41, 5.74) is 2.93. The number of hydrogen-bond donors (Lipinski definition) is 2. The maximum Gasteiger partial charge on any atom is 0.229 e. The van der Waals surface area contributed by atoms with E-state index in [1.807, 2.05) is 31.2 Å². The molecule has 0 spiro atoms. The Labute approximate surface area is 156 Å². The maximum atomic E-state index is 13.2. The minimum Gasteiger partial charge on any atom is -0.340 e. The number of nitrogens with one attached hydrogen (secondary N) is 2. The second kappa shape index (κ2) is 8.18. The largest absolute Gasteiger partial charge is 0.340 e. The van der Waals surface area contributed by atoms with E-state index in [-0.39, 0.29) is 12.2 Å².